The normalized spacial score (nSPS) is 21.4. The summed E-state index contributed by atoms with van der Waals surface area (Å²) in [5, 5.41) is 22.4. The van der Waals surface area contributed by atoms with Crippen molar-refractivity contribution in [3.8, 4) is 6.07 Å². The van der Waals surface area contributed by atoms with Gasteiger partial charge in [-0.3, -0.25) is 0 Å². The number of hydrogen-bond donors (Lipinski definition) is 1. The van der Waals surface area contributed by atoms with Crippen LogP contribution in [0.2, 0.25) is 5.02 Å². The molecule has 0 bridgehead atoms. The number of halogens is 1. The first-order valence-electron chi connectivity index (χ1n) is 12.5. The summed E-state index contributed by atoms with van der Waals surface area (Å²) < 4.78 is 0. The third-order valence-electron chi connectivity index (χ3n) is 7.74. The number of rotatable bonds is 6. The van der Waals surface area contributed by atoms with Gasteiger partial charge in [0.2, 0.25) is 0 Å². The number of nitrogens with zero attached hydrogens (tertiary/aromatic N) is 2. The van der Waals surface area contributed by atoms with Gasteiger partial charge in [0.15, 0.2) is 0 Å². The summed E-state index contributed by atoms with van der Waals surface area (Å²) in [6, 6.07) is 27.3. The molecule has 0 amide bonds. The highest BCUT2D eigenvalue weighted by Crippen LogP contribution is 2.47. The van der Waals surface area contributed by atoms with Crippen LogP contribution in [-0.2, 0) is 16.8 Å². The fraction of sp³-hybridized carbons (Fsp3) is 0.367. The van der Waals surface area contributed by atoms with E-state index in [9.17, 15) is 10.4 Å². The molecule has 0 aromatic heterocycles. The number of likely N-dealkylation sites (tertiary alicyclic amines) is 1. The Labute approximate surface area is 217 Å². The highest BCUT2D eigenvalue weighted by molar-refractivity contribution is 7.98. The molecule has 0 aliphatic carbocycles. The standard InChI is InChI=1S/C30H31ClN2OS/c31-25-13-11-24(12-14-25)30(34)16-19-33(20-17-30)18-6-5-15-29(22-32)26-8-2-1-7-23(26)21-35-28-10-4-3-9-27(28)29/h1-4,7-14,34H,5-6,15-21H2. The van der Waals surface area contributed by atoms with Crippen molar-refractivity contribution >= 4 is 23.4 Å². The zero-order chi connectivity index (χ0) is 24.3. The van der Waals surface area contributed by atoms with Crippen LogP contribution in [0.3, 0.4) is 0 Å². The van der Waals surface area contributed by atoms with Gasteiger partial charge in [0, 0.05) is 28.8 Å². The molecule has 0 saturated carbocycles. The summed E-state index contributed by atoms with van der Waals surface area (Å²) in [6.45, 7) is 2.76. The lowest BCUT2D eigenvalue weighted by Gasteiger charge is -2.38. The third-order valence-corrected chi connectivity index (χ3v) is 9.11. The van der Waals surface area contributed by atoms with Gasteiger partial charge in [-0.1, -0.05) is 66.2 Å². The average molecular weight is 503 g/mol. The Balaban J connectivity index is 1.24. The molecule has 1 N–H and O–H groups in total. The second-order valence-corrected chi connectivity index (χ2v) is 11.2. The second-order valence-electron chi connectivity index (χ2n) is 9.80. The summed E-state index contributed by atoms with van der Waals surface area (Å²) in [5.41, 5.74) is 3.19. The lowest BCUT2D eigenvalue weighted by Crippen LogP contribution is -2.42. The van der Waals surface area contributed by atoms with Crippen molar-refractivity contribution < 1.29 is 5.11 Å². The van der Waals surface area contributed by atoms with Crippen molar-refractivity contribution in [1.29, 1.82) is 5.26 Å². The Bertz CT molecular complexity index is 1160. The van der Waals surface area contributed by atoms with E-state index in [0.717, 1.165) is 68.6 Å². The molecular formula is C30H31ClN2OS. The number of fused-ring (bicyclic) bond motifs is 2. The van der Waals surface area contributed by atoms with Gasteiger partial charge in [0.05, 0.1) is 11.7 Å². The predicted molar refractivity (Wildman–Crippen MR) is 144 cm³/mol. The fourth-order valence-corrected chi connectivity index (χ4v) is 6.94. The van der Waals surface area contributed by atoms with E-state index < -0.39 is 11.0 Å². The number of thioether (sulfide) groups is 1. The first kappa shape index (κ1) is 24.4. The molecule has 5 rings (SSSR count). The maximum absolute atomic E-state index is 11.2. The number of nitriles is 1. The van der Waals surface area contributed by atoms with Crippen molar-refractivity contribution in [3.05, 3.63) is 100 Å². The number of piperidine rings is 1. The summed E-state index contributed by atoms with van der Waals surface area (Å²) in [5.74, 6) is 0.904. The van der Waals surface area contributed by atoms with Crippen LogP contribution >= 0.6 is 23.4 Å². The largest absolute Gasteiger partial charge is 0.385 e. The van der Waals surface area contributed by atoms with Gasteiger partial charge in [-0.2, -0.15) is 5.26 Å². The molecule has 180 valence electrons. The maximum atomic E-state index is 11.2. The summed E-state index contributed by atoms with van der Waals surface area (Å²) in [4.78, 5) is 3.68. The maximum Gasteiger partial charge on any atom is 0.108 e. The van der Waals surface area contributed by atoms with E-state index in [4.69, 9.17) is 11.6 Å². The van der Waals surface area contributed by atoms with Crippen LogP contribution in [0.4, 0.5) is 0 Å². The lowest BCUT2D eigenvalue weighted by atomic mass is 9.71. The minimum absolute atomic E-state index is 0.604. The molecule has 0 radical (unpaired) electrons. The molecule has 3 aromatic rings. The Kier molecular flexibility index (Phi) is 7.23. The molecule has 5 heteroatoms. The number of benzene rings is 3. The van der Waals surface area contributed by atoms with E-state index in [1.54, 1.807) is 0 Å². The number of aliphatic hydroxyl groups is 1. The highest BCUT2D eigenvalue weighted by atomic mass is 35.5. The molecule has 0 spiro atoms. The van der Waals surface area contributed by atoms with Gasteiger partial charge >= 0.3 is 0 Å². The van der Waals surface area contributed by atoms with Crippen LogP contribution in [-0.4, -0.2) is 29.6 Å². The highest BCUT2D eigenvalue weighted by Gasteiger charge is 2.39. The first-order chi connectivity index (χ1) is 17.0. The van der Waals surface area contributed by atoms with Crippen molar-refractivity contribution in [3.63, 3.8) is 0 Å². The minimum Gasteiger partial charge on any atom is -0.385 e. The van der Waals surface area contributed by atoms with Crippen LogP contribution in [0.1, 0.15) is 54.4 Å². The first-order valence-corrected chi connectivity index (χ1v) is 13.8. The molecule has 2 aliphatic heterocycles. The molecular weight excluding hydrogens is 472 g/mol. The van der Waals surface area contributed by atoms with Crippen molar-refractivity contribution in [2.24, 2.45) is 0 Å². The molecule has 2 aliphatic rings. The molecule has 35 heavy (non-hydrogen) atoms. The minimum atomic E-state index is -0.766. The topological polar surface area (TPSA) is 47.3 Å². The van der Waals surface area contributed by atoms with E-state index in [1.807, 2.05) is 36.0 Å². The SMILES string of the molecule is N#CC1(CCCCN2CCC(O)(c3ccc(Cl)cc3)CC2)c2ccccc2CSc2ccccc21. The van der Waals surface area contributed by atoms with Crippen LogP contribution in [0.5, 0.6) is 0 Å². The van der Waals surface area contributed by atoms with Gasteiger partial charge in [0.25, 0.3) is 0 Å². The molecule has 1 fully saturated rings. The smallest absolute Gasteiger partial charge is 0.108 e. The zero-order valence-corrected chi connectivity index (χ0v) is 21.5. The molecule has 2 heterocycles. The molecule has 3 aromatic carbocycles. The Morgan fingerprint density at radius 2 is 1.60 bits per heavy atom. The van der Waals surface area contributed by atoms with Gasteiger partial charge in [0.1, 0.15) is 5.41 Å². The number of hydrogen-bond acceptors (Lipinski definition) is 4. The molecule has 1 saturated heterocycles. The van der Waals surface area contributed by atoms with Crippen LogP contribution in [0.15, 0.2) is 77.7 Å². The van der Waals surface area contributed by atoms with Crippen LogP contribution in [0, 0.1) is 11.3 Å². The zero-order valence-electron chi connectivity index (χ0n) is 19.9. The van der Waals surface area contributed by atoms with Gasteiger partial charge < -0.3 is 10.0 Å². The van der Waals surface area contributed by atoms with Gasteiger partial charge in [-0.25, -0.2) is 0 Å². The van der Waals surface area contributed by atoms with Crippen LogP contribution in [0.25, 0.3) is 0 Å². The molecule has 1 unspecified atom stereocenters. The Morgan fingerprint density at radius 3 is 2.34 bits per heavy atom. The lowest BCUT2D eigenvalue weighted by molar-refractivity contribution is -0.0261. The second kappa shape index (κ2) is 10.4. The van der Waals surface area contributed by atoms with E-state index >= 15 is 0 Å². The monoisotopic (exact) mass is 502 g/mol. The predicted octanol–water partition coefficient (Wildman–Crippen LogP) is 6.91. The summed E-state index contributed by atoms with van der Waals surface area (Å²) in [6.07, 6.45) is 4.31. The van der Waals surface area contributed by atoms with E-state index in [2.05, 4.69) is 59.5 Å². The fourth-order valence-electron chi connectivity index (χ4n) is 5.67. The summed E-state index contributed by atoms with van der Waals surface area (Å²) in [7, 11) is 0. The van der Waals surface area contributed by atoms with Crippen molar-refractivity contribution in [1.82, 2.24) is 4.90 Å². The Hall–Kier alpha value is -2.29. The van der Waals surface area contributed by atoms with Gasteiger partial charge in [-0.05, 0) is 79.1 Å². The van der Waals surface area contributed by atoms with E-state index in [1.165, 1.54) is 16.0 Å². The molecule has 1 atom stereocenters. The third kappa shape index (κ3) is 4.88. The van der Waals surface area contributed by atoms with Gasteiger partial charge in [-0.15, -0.1) is 11.8 Å². The number of unbranched alkanes of at least 4 members (excludes halogenated alkanes) is 1. The van der Waals surface area contributed by atoms with Crippen molar-refractivity contribution in [2.45, 2.75) is 53.8 Å². The Morgan fingerprint density at radius 1 is 0.914 bits per heavy atom. The van der Waals surface area contributed by atoms with Crippen molar-refractivity contribution in [2.75, 3.05) is 19.6 Å². The summed E-state index contributed by atoms with van der Waals surface area (Å²) >= 11 is 7.86. The molecule has 3 nitrogen and oxygen atoms in total. The van der Waals surface area contributed by atoms with Crippen LogP contribution < -0.4 is 0 Å². The van der Waals surface area contributed by atoms with E-state index in [-0.39, 0.29) is 0 Å². The average Bonchev–Trinajstić information content (AvgIpc) is 3.03. The quantitative estimate of drug-likeness (QED) is 0.372. The van der Waals surface area contributed by atoms with E-state index in [0.29, 0.717) is 5.02 Å².